The molecule has 0 aliphatic rings. The van der Waals surface area contributed by atoms with Crippen LogP contribution in [0.5, 0.6) is 0 Å². The minimum absolute atomic E-state index is 0.0697. The van der Waals surface area contributed by atoms with Gasteiger partial charge in [-0.3, -0.25) is 4.98 Å². The van der Waals surface area contributed by atoms with Gasteiger partial charge in [0.05, 0.1) is 22.6 Å². The van der Waals surface area contributed by atoms with Gasteiger partial charge in [0.25, 0.3) is 0 Å². The van der Waals surface area contributed by atoms with Crippen molar-refractivity contribution in [3.8, 4) is 11.5 Å². The Kier molecular flexibility index (Phi) is 5.79. The number of para-hydroxylation sites is 1. The Bertz CT molecular complexity index is 1350. The van der Waals surface area contributed by atoms with E-state index >= 15 is 0 Å². The van der Waals surface area contributed by atoms with Crippen molar-refractivity contribution in [3.63, 3.8) is 0 Å². The lowest BCUT2D eigenvalue weighted by Gasteiger charge is -2.24. The molecule has 2 aromatic heterocycles. The highest BCUT2D eigenvalue weighted by Gasteiger charge is 2.31. The molecule has 2 heterocycles. The van der Waals surface area contributed by atoms with E-state index in [1.807, 2.05) is 25.1 Å². The van der Waals surface area contributed by atoms with Gasteiger partial charge in [0.15, 0.2) is 0 Å². The Labute approximate surface area is 185 Å². The molecule has 7 nitrogen and oxygen atoms in total. The number of nitrogens with zero attached hydrogens (tertiary/aromatic N) is 4. The van der Waals surface area contributed by atoms with Crippen LogP contribution in [0.4, 0.5) is 0 Å². The molecule has 0 N–H and O–H groups in total. The second kappa shape index (κ2) is 8.37. The summed E-state index contributed by atoms with van der Waals surface area (Å²) in [7, 11) is -3.88. The third kappa shape index (κ3) is 4.19. The van der Waals surface area contributed by atoms with Crippen LogP contribution in [0.3, 0.4) is 0 Å². The monoisotopic (exact) mass is 456 g/mol. The van der Waals surface area contributed by atoms with Gasteiger partial charge < -0.3 is 4.42 Å². The summed E-state index contributed by atoms with van der Waals surface area (Å²) in [6, 6.07) is 13.8. The van der Waals surface area contributed by atoms with Gasteiger partial charge >= 0.3 is 0 Å². The molecule has 0 bridgehead atoms. The van der Waals surface area contributed by atoms with Crippen molar-refractivity contribution in [2.75, 3.05) is 0 Å². The number of rotatable bonds is 6. The van der Waals surface area contributed by atoms with Gasteiger partial charge in [0.2, 0.25) is 21.8 Å². The third-order valence-corrected chi connectivity index (χ3v) is 7.22. The number of aryl methyl sites for hydroxylation is 1. The lowest BCUT2D eigenvalue weighted by Crippen LogP contribution is -2.36. The number of sulfonamides is 1. The zero-order chi connectivity index (χ0) is 22.2. The van der Waals surface area contributed by atoms with Crippen molar-refractivity contribution in [3.05, 3.63) is 71.2 Å². The number of benzene rings is 2. The second-order valence-electron chi connectivity index (χ2n) is 7.47. The van der Waals surface area contributed by atoms with Gasteiger partial charge in [0.1, 0.15) is 4.90 Å². The first-order valence-corrected chi connectivity index (χ1v) is 11.5. The number of aromatic nitrogens is 3. The smallest absolute Gasteiger partial charge is 0.249 e. The van der Waals surface area contributed by atoms with Crippen molar-refractivity contribution < 1.29 is 12.8 Å². The summed E-state index contributed by atoms with van der Waals surface area (Å²) in [4.78, 5) is 4.52. The van der Waals surface area contributed by atoms with E-state index in [0.29, 0.717) is 16.1 Å². The summed E-state index contributed by atoms with van der Waals surface area (Å²) >= 11 is 6.20. The van der Waals surface area contributed by atoms with Crippen LogP contribution in [0.2, 0.25) is 5.02 Å². The van der Waals surface area contributed by atoms with Gasteiger partial charge in [0, 0.05) is 17.6 Å². The summed E-state index contributed by atoms with van der Waals surface area (Å²) in [5.74, 6) is 0.417. The van der Waals surface area contributed by atoms with Gasteiger partial charge in [-0.15, -0.1) is 10.2 Å². The first-order valence-electron chi connectivity index (χ1n) is 9.72. The summed E-state index contributed by atoms with van der Waals surface area (Å²) in [6.45, 7) is 5.44. The van der Waals surface area contributed by atoms with Gasteiger partial charge in [-0.05, 0) is 50.6 Å². The number of hydrogen-bond acceptors (Lipinski definition) is 6. The van der Waals surface area contributed by atoms with Crippen molar-refractivity contribution >= 4 is 32.5 Å². The maximum atomic E-state index is 13.6. The first kappa shape index (κ1) is 21.4. The van der Waals surface area contributed by atoms with Crippen LogP contribution >= 0.6 is 11.6 Å². The van der Waals surface area contributed by atoms with E-state index < -0.39 is 10.0 Å². The van der Waals surface area contributed by atoms with Crippen LogP contribution in [0.25, 0.3) is 22.4 Å². The highest BCUT2D eigenvalue weighted by Crippen LogP contribution is 2.29. The molecule has 4 rings (SSSR count). The number of pyridine rings is 1. The van der Waals surface area contributed by atoms with E-state index in [4.69, 9.17) is 16.0 Å². The summed E-state index contributed by atoms with van der Waals surface area (Å²) < 4.78 is 34.2. The minimum atomic E-state index is -3.88. The van der Waals surface area contributed by atoms with Crippen LogP contribution in [-0.2, 0) is 16.6 Å². The molecule has 2 aromatic carbocycles. The molecule has 0 saturated heterocycles. The summed E-state index contributed by atoms with van der Waals surface area (Å²) in [6.07, 6.45) is 1.66. The van der Waals surface area contributed by atoms with E-state index in [2.05, 4.69) is 15.2 Å². The normalized spacial score (nSPS) is 12.2. The lowest BCUT2D eigenvalue weighted by atomic mass is 10.2. The van der Waals surface area contributed by atoms with Gasteiger partial charge in [-0.25, -0.2) is 8.42 Å². The van der Waals surface area contributed by atoms with E-state index in [9.17, 15) is 8.42 Å². The fourth-order valence-corrected chi connectivity index (χ4v) is 5.29. The van der Waals surface area contributed by atoms with E-state index in [1.54, 1.807) is 50.4 Å². The van der Waals surface area contributed by atoms with Crippen LogP contribution in [-0.4, -0.2) is 33.9 Å². The quantitative estimate of drug-likeness (QED) is 0.412. The maximum Gasteiger partial charge on any atom is 0.249 e. The van der Waals surface area contributed by atoms with Crippen LogP contribution in [0.15, 0.2) is 64.0 Å². The Morgan fingerprint density at radius 2 is 1.87 bits per heavy atom. The molecule has 0 radical (unpaired) electrons. The molecule has 0 spiro atoms. The molecular formula is C22H21ClN4O3S. The number of fused-ring (bicyclic) bond motifs is 1. The highest BCUT2D eigenvalue weighted by atomic mass is 35.5. The lowest BCUT2D eigenvalue weighted by molar-refractivity contribution is 0.313. The van der Waals surface area contributed by atoms with Crippen molar-refractivity contribution in [2.45, 2.75) is 38.3 Å². The van der Waals surface area contributed by atoms with Crippen LogP contribution in [0.1, 0.15) is 25.3 Å². The molecular weight excluding hydrogens is 436 g/mol. The average Bonchev–Trinajstić information content (AvgIpc) is 3.20. The van der Waals surface area contributed by atoms with Gasteiger partial charge in [-0.2, -0.15) is 4.31 Å². The molecule has 0 atom stereocenters. The predicted octanol–water partition coefficient (Wildman–Crippen LogP) is 4.85. The standard InChI is InChI=1S/C22H21ClN4O3S/c1-14(2)27(13-20-25-26-22(30-20)17-8-4-5-9-18(17)23)31(28,29)19-10-6-7-16-11-15(3)12-24-21(16)19/h4-12,14H,13H2,1-3H3. The van der Waals surface area contributed by atoms with Gasteiger partial charge in [-0.1, -0.05) is 35.9 Å². The topological polar surface area (TPSA) is 89.2 Å². The average molecular weight is 457 g/mol. The Hall–Kier alpha value is -2.81. The Morgan fingerprint density at radius 3 is 2.61 bits per heavy atom. The molecule has 31 heavy (non-hydrogen) atoms. The molecule has 4 aromatic rings. The molecule has 160 valence electrons. The zero-order valence-corrected chi connectivity index (χ0v) is 18.9. The summed E-state index contributed by atoms with van der Waals surface area (Å²) in [5, 5.41) is 9.32. The van der Waals surface area contributed by atoms with Crippen molar-refractivity contribution in [1.82, 2.24) is 19.5 Å². The third-order valence-electron chi connectivity index (χ3n) is 4.84. The van der Waals surface area contributed by atoms with E-state index in [0.717, 1.165) is 10.9 Å². The largest absolute Gasteiger partial charge is 0.419 e. The zero-order valence-electron chi connectivity index (χ0n) is 17.3. The Balaban J connectivity index is 1.71. The van der Waals surface area contributed by atoms with Crippen LogP contribution < -0.4 is 0 Å². The minimum Gasteiger partial charge on any atom is -0.419 e. The molecule has 0 aliphatic carbocycles. The highest BCUT2D eigenvalue weighted by molar-refractivity contribution is 7.89. The molecule has 0 saturated carbocycles. The molecule has 9 heteroatoms. The fourth-order valence-electron chi connectivity index (χ4n) is 3.32. The summed E-state index contributed by atoms with van der Waals surface area (Å²) in [5.41, 5.74) is 1.98. The Morgan fingerprint density at radius 1 is 1.10 bits per heavy atom. The van der Waals surface area contributed by atoms with E-state index in [1.165, 1.54) is 4.31 Å². The number of halogens is 1. The predicted molar refractivity (Wildman–Crippen MR) is 119 cm³/mol. The second-order valence-corrected chi connectivity index (χ2v) is 9.73. The molecule has 0 amide bonds. The van der Waals surface area contributed by atoms with E-state index in [-0.39, 0.29) is 29.3 Å². The van der Waals surface area contributed by atoms with Crippen molar-refractivity contribution in [1.29, 1.82) is 0 Å². The SMILES string of the molecule is Cc1cnc2c(S(=O)(=O)N(Cc3nnc(-c4ccccc4Cl)o3)C(C)C)cccc2c1. The van der Waals surface area contributed by atoms with Crippen LogP contribution in [0, 0.1) is 6.92 Å². The number of hydrogen-bond donors (Lipinski definition) is 0. The fraction of sp³-hybridized carbons (Fsp3) is 0.227. The molecule has 0 fully saturated rings. The van der Waals surface area contributed by atoms with Crippen molar-refractivity contribution in [2.24, 2.45) is 0 Å². The first-order chi connectivity index (χ1) is 14.8. The molecule has 0 unspecified atom stereocenters. The molecule has 0 aliphatic heterocycles. The maximum absolute atomic E-state index is 13.6.